The summed E-state index contributed by atoms with van der Waals surface area (Å²) in [6.45, 7) is 1.53. The topological polar surface area (TPSA) is 102 Å². The molecule has 0 aliphatic carbocycles. The van der Waals surface area contributed by atoms with Crippen LogP contribution < -0.4 is 16.0 Å². The predicted octanol–water partition coefficient (Wildman–Crippen LogP) is 4.96. The van der Waals surface area contributed by atoms with E-state index in [0.717, 1.165) is 21.9 Å². The van der Waals surface area contributed by atoms with E-state index in [-0.39, 0.29) is 12.5 Å². The molecule has 1 unspecified atom stereocenters. The summed E-state index contributed by atoms with van der Waals surface area (Å²) >= 11 is 0. The van der Waals surface area contributed by atoms with Crippen molar-refractivity contribution in [3.05, 3.63) is 122 Å². The Morgan fingerprint density at radius 1 is 0.947 bits per heavy atom. The molecule has 38 heavy (non-hydrogen) atoms. The Morgan fingerprint density at radius 2 is 1.74 bits per heavy atom. The largest absolute Gasteiger partial charge is 0.484 e. The average Bonchev–Trinajstić information content (AvgIpc) is 3.37. The van der Waals surface area contributed by atoms with E-state index in [9.17, 15) is 14.4 Å². The normalized spacial score (nSPS) is 15.1. The summed E-state index contributed by atoms with van der Waals surface area (Å²) in [4.78, 5) is 37.9. The van der Waals surface area contributed by atoms with Crippen LogP contribution in [0.15, 0.2) is 108 Å². The minimum atomic E-state index is -0.507. The maximum absolute atomic E-state index is 13.4. The molecule has 6 rings (SSSR count). The zero-order valence-electron chi connectivity index (χ0n) is 20.4. The maximum Gasteiger partial charge on any atom is 0.345 e. The molecule has 0 saturated carbocycles. The zero-order chi connectivity index (χ0) is 26.2. The Labute approximate surface area is 216 Å². The molecule has 188 valence electrons. The molecule has 1 amide bonds. The first-order chi connectivity index (χ1) is 18.5. The average molecular weight is 507 g/mol. The third kappa shape index (κ3) is 4.37. The third-order valence-corrected chi connectivity index (χ3v) is 6.59. The fraction of sp³-hybridized carbons (Fsp3) is 0.133. The highest BCUT2D eigenvalue weighted by Crippen LogP contribution is 2.33. The molecule has 0 saturated heterocycles. The van der Waals surface area contributed by atoms with E-state index in [1.54, 1.807) is 36.4 Å². The van der Waals surface area contributed by atoms with Crippen molar-refractivity contribution in [2.24, 2.45) is 5.10 Å². The van der Waals surface area contributed by atoms with Crippen LogP contribution in [0.1, 0.15) is 29.2 Å². The first-order valence-corrected chi connectivity index (χ1v) is 12.1. The van der Waals surface area contributed by atoms with Gasteiger partial charge in [0.15, 0.2) is 6.61 Å². The van der Waals surface area contributed by atoms with Crippen molar-refractivity contribution in [2.75, 3.05) is 6.61 Å². The summed E-state index contributed by atoms with van der Waals surface area (Å²) in [6.07, 6.45) is 0.346. The molecule has 3 heterocycles. The standard InChI is InChI=1S/C30H22N2O6/c1-18-13-29(34)37-27-15-21(11-12-22(18)27)36-17-28(33)32-25(19-7-3-2-4-8-19)16-24(31-32)23-14-20-9-5-6-10-26(20)38-30(23)35/h2-15,25H,16-17H2,1H3. The van der Waals surface area contributed by atoms with Gasteiger partial charge in [0.05, 0.1) is 17.3 Å². The van der Waals surface area contributed by atoms with Crippen LogP contribution in [0.2, 0.25) is 0 Å². The predicted molar refractivity (Wildman–Crippen MR) is 142 cm³/mol. The Bertz CT molecular complexity index is 1840. The van der Waals surface area contributed by atoms with Gasteiger partial charge in [0, 0.05) is 29.3 Å². The lowest BCUT2D eigenvalue weighted by atomic mass is 9.98. The summed E-state index contributed by atoms with van der Waals surface area (Å²) in [5.74, 6) is -0.000688. The van der Waals surface area contributed by atoms with E-state index in [1.807, 2.05) is 49.4 Å². The zero-order valence-corrected chi connectivity index (χ0v) is 20.4. The van der Waals surface area contributed by atoms with E-state index in [0.29, 0.717) is 34.6 Å². The number of para-hydroxylation sites is 1. The molecular weight excluding hydrogens is 484 g/mol. The summed E-state index contributed by atoms with van der Waals surface area (Å²) in [7, 11) is 0. The van der Waals surface area contributed by atoms with Crippen LogP contribution in [0.3, 0.4) is 0 Å². The van der Waals surface area contributed by atoms with Crippen molar-refractivity contribution in [3.8, 4) is 5.75 Å². The van der Waals surface area contributed by atoms with Gasteiger partial charge < -0.3 is 13.6 Å². The molecule has 8 heteroatoms. The van der Waals surface area contributed by atoms with Gasteiger partial charge in [-0.3, -0.25) is 4.79 Å². The summed E-state index contributed by atoms with van der Waals surface area (Å²) in [5.41, 5.74) is 2.37. The number of rotatable bonds is 5. The summed E-state index contributed by atoms with van der Waals surface area (Å²) in [5, 5.41) is 7.49. The molecule has 1 atom stereocenters. The van der Waals surface area contributed by atoms with Crippen molar-refractivity contribution in [2.45, 2.75) is 19.4 Å². The van der Waals surface area contributed by atoms with Crippen LogP contribution in [0.5, 0.6) is 5.75 Å². The van der Waals surface area contributed by atoms with Gasteiger partial charge in [0.2, 0.25) is 0 Å². The minimum absolute atomic E-state index is 0.298. The molecule has 0 spiro atoms. The molecule has 1 aliphatic rings. The fourth-order valence-corrected chi connectivity index (χ4v) is 4.71. The number of fused-ring (bicyclic) bond motifs is 2. The molecule has 0 fully saturated rings. The van der Waals surface area contributed by atoms with E-state index in [2.05, 4.69) is 5.10 Å². The van der Waals surface area contributed by atoms with Crippen LogP contribution in [0.25, 0.3) is 21.9 Å². The number of aryl methyl sites for hydroxylation is 1. The van der Waals surface area contributed by atoms with Crippen LogP contribution in [-0.4, -0.2) is 23.2 Å². The Hall–Kier alpha value is -4.98. The maximum atomic E-state index is 13.4. The Kier molecular flexibility index (Phi) is 5.84. The van der Waals surface area contributed by atoms with E-state index >= 15 is 0 Å². The molecule has 8 nitrogen and oxygen atoms in total. The summed E-state index contributed by atoms with van der Waals surface area (Å²) < 4.78 is 16.6. The molecule has 3 aromatic carbocycles. The molecule has 2 aromatic heterocycles. The van der Waals surface area contributed by atoms with E-state index in [1.165, 1.54) is 11.1 Å². The third-order valence-electron chi connectivity index (χ3n) is 6.59. The van der Waals surface area contributed by atoms with Crippen molar-refractivity contribution in [1.29, 1.82) is 0 Å². The van der Waals surface area contributed by atoms with Gasteiger partial charge in [-0.05, 0) is 42.3 Å². The first-order valence-electron chi connectivity index (χ1n) is 12.1. The van der Waals surface area contributed by atoms with E-state index < -0.39 is 17.3 Å². The number of hydrogen-bond acceptors (Lipinski definition) is 7. The van der Waals surface area contributed by atoms with Gasteiger partial charge in [0.25, 0.3) is 5.91 Å². The summed E-state index contributed by atoms with van der Waals surface area (Å²) in [6, 6.07) is 24.6. The van der Waals surface area contributed by atoms with Crippen molar-refractivity contribution in [1.82, 2.24) is 5.01 Å². The second-order valence-corrected chi connectivity index (χ2v) is 9.10. The van der Waals surface area contributed by atoms with Crippen LogP contribution in [0.4, 0.5) is 0 Å². The molecule has 0 N–H and O–H groups in total. The number of hydrazone groups is 1. The number of benzene rings is 3. The molecule has 1 aliphatic heterocycles. The highest BCUT2D eigenvalue weighted by Gasteiger charge is 2.34. The lowest BCUT2D eigenvalue weighted by molar-refractivity contribution is -0.135. The van der Waals surface area contributed by atoms with Gasteiger partial charge in [-0.1, -0.05) is 48.5 Å². The van der Waals surface area contributed by atoms with Gasteiger partial charge >= 0.3 is 11.3 Å². The minimum Gasteiger partial charge on any atom is -0.484 e. The van der Waals surface area contributed by atoms with Crippen LogP contribution in [-0.2, 0) is 4.79 Å². The van der Waals surface area contributed by atoms with Gasteiger partial charge in [0.1, 0.15) is 16.9 Å². The fourth-order valence-electron chi connectivity index (χ4n) is 4.71. The van der Waals surface area contributed by atoms with Gasteiger partial charge in [-0.2, -0.15) is 5.10 Å². The lowest BCUT2D eigenvalue weighted by Crippen LogP contribution is -2.31. The Morgan fingerprint density at radius 3 is 2.58 bits per heavy atom. The number of ether oxygens (including phenoxy) is 1. The quantitative estimate of drug-likeness (QED) is 0.312. The van der Waals surface area contributed by atoms with Gasteiger partial charge in [-0.25, -0.2) is 14.6 Å². The van der Waals surface area contributed by atoms with Crippen LogP contribution >= 0.6 is 0 Å². The Balaban J connectivity index is 1.30. The number of nitrogens with zero attached hydrogens (tertiary/aromatic N) is 2. The highest BCUT2D eigenvalue weighted by atomic mass is 16.5. The van der Waals surface area contributed by atoms with Crippen molar-refractivity contribution >= 4 is 33.6 Å². The second kappa shape index (κ2) is 9.48. The second-order valence-electron chi connectivity index (χ2n) is 9.10. The SMILES string of the molecule is Cc1cc(=O)oc2cc(OCC(=O)N3N=C(c4cc5ccccc5oc4=O)CC3c3ccccc3)ccc12. The van der Waals surface area contributed by atoms with Gasteiger partial charge in [-0.15, -0.1) is 0 Å². The molecular formula is C30H22N2O6. The highest BCUT2D eigenvalue weighted by molar-refractivity contribution is 6.04. The number of hydrogen-bond donors (Lipinski definition) is 0. The number of carbonyl (C=O) groups excluding carboxylic acids is 1. The lowest BCUT2D eigenvalue weighted by Gasteiger charge is -2.22. The van der Waals surface area contributed by atoms with Crippen molar-refractivity contribution < 1.29 is 18.4 Å². The number of carbonyl (C=O) groups is 1. The molecule has 0 bridgehead atoms. The van der Waals surface area contributed by atoms with Crippen molar-refractivity contribution in [3.63, 3.8) is 0 Å². The molecule has 5 aromatic rings. The van der Waals surface area contributed by atoms with E-state index in [4.69, 9.17) is 13.6 Å². The molecule has 0 radical (unpaired) electrons. The monoisotopic (exact) mass is 506 g/mol. The smallest absolute Gasteiger partial charge is 0.345 e. The van der Waals surface area contributed by atoms with Crippen LogP contribution in [0, 0.1) is 6.92 Å². The first kappa shape index (κ1) is 23.4. The number of amides is 1.